The Morgan fingerprint density at radius 2 is 1.36 bits per heavy atom. The maximum Gasteiger partial charge on any atom is 0.195 e. The molecule has 0 heterocycles. The molecule has 1 aliphatic carbocycles. The van der Waals surface area contributed by atoms with E-state index in [1.807, 2.05) is 0 Å². The number of ketones is 1. The molecule has 0 saturated heterocycles. The van der Waals surface area contributed by atoms with Crippen molar-refractivity contribution in [3.8, 4) is 0 Å². The van der Waals surface area contributed by atoms with Crippen LogP contribution in [0.25, 0.3) is 0 Å². The van der Waals surface area contributed by atoms with Gasteiger partial charge >= 0.3 is 0 Å². The molecule has 1 aliphatic rings. The lowest BCUT2D eigenvalue weighted by Gasteiger charge is -2.33. The second-order valence-corrected chi connectivity index (χ2v) is 13.5. The van der Waals surface area contributed by atoms with Gasteiger partial charge in [0.15, 0.2) is 24.3 Å². The minimum atomic E-state index is -4.22. The summed E-state index contributed by atoms with van der Waals surface area (Å²) in [4.78, 5) is 12.9. The lowest BCUT2D eigenvalue weighted by Crippen LogP contribution is -2.38. The van der Waals surface area contributed by atoms with E-state index >= 15 is 0 Å². The number of carbonyl (C=O) groups excluding carboxylic acids is 1. The van der Waals surface area contributed by atoms with Crippen LogP contribution in [-0.2, 0) is 24.5 Å². The molecule has 0 radical (unpaired) electrons. The molecule has 1 saturated carbocycles. The van der Waals surface area contributed by atoms with Crippen molar-refractivity contribution in [2.24, 2.45) is 11.8 Å². The Bertz CT molecular complexity index is 1040. The van der Waals surface area contributed by atoms with Gasteiger partial charge in [-0.3, -0.25) is 4.79 Å². The van der Waals surface area contributed by atoms with Crippen molar-refractivity contribution in [1.82, 2.24) is 0 Å². The van der Waals surface area contributed by atoms with Crippen LogP contribution in [-0.4, -0.2) is 27.2 Å². The summed E-state index contributed by atoms with van der Waals surface area (Å²) in [5.74, 6) is -0.525. The molecule has 2 aromatic carbocycles. The molecule has 0 unspecified atom stereocenters. The van der Waals surface area contributed by atoms with E-state index in [-0.39, 0.29) is 27.9 Å². The minimum Gasteiger partial charge on any atom is -0.299 e. The molecule has 3 rings (SSSR count). The number of Topliss-reactive ketones (excluding diaryl/α,β-unsaturated/α-hetero) is 1. The van der Waals surface area contributed by atoms with Gasteiger partial charge in [-0.15, -0.1) is 0 Å². The summed E-state index contributed by atoms with van der Waals surface area (Å²) < 4.78 is 52.9. The highest BCUT2D eigenvalue weighted by Crippen LogP contribution is 2.39. The summed E-state index contributed by atoms with van der Waals surface area (Å²) in [5, 5.41) is 0. The fourth-order valence-corrected chi connectivity index (χ4v) is 9.44. The largest absolute Gasteiger partial charge is 0.299 e. The van der Waals surface area contributed by atoms with E-state index in [0.29, 0.717) is 6.42 Å². The van der Waals surface area contributed by atoms with Gasteiger partial charge in [-0.1, -0.05) is 69.0 Å². The summed E-state index contributed by atoms with van der Waals surface area (Å²) in [6.07, 6.45) is 6.94. The van der Waals surface area contributed by atoms with E-state index in [1.165, 1.54) is 24.3 Å². The van der Waals surface area contributed by atoms with Crippen molar-refractivity contribution in [1.29, 1.82) is 0 Å². The van der Waals surface area contributed by atoms with Gasteiger partial charge in [-0.25, -0.2) is 16.8 Å². The predicted molar refractivity (Wildman–Crippen MR) is 130 cm³/mol. The van der Waals surface area contributed by atoms with Crippen LogP contribution in [0.1, 0.15) is 64.7 Å². The van der Waals surface area contributed by atoms with E-state index < -0.39 is 30.2 Å². The molecular formula is C26H34O5S2. The van der Waals surface area contributed by atoms with Crippen LogP contribution >= 0.6 is 0 Å². The summed E-state index contributed by atoms with van der Waals surface area (Å²) in [6, 6.07) is 15.4. The maximum absolute atomic E-state index is 13.6. The van der Waals surface area contributed by atoms with Gasteiger partial charge in [0.25, 0.3) is 0 Å². The Balaban J connectivity index is 1.99. The molecule has 2 aromatic rings. The van der Waals surface area contributed by atoms with Gasteiger partial charge < -0.3 is 0 Å². The number of unbranched alkanes of at least 4 members (excludes halogenated alkanes) is 3. The average molecular weight is 491 g/mol. The van der Waals surface area contributed by atoms with Crippen LogP contribution in [0.3, 0.4) is 0 Å². The molecule has 0 aromatic heterocycles. The summed E-state index contributed by atoms with van der Waals surface area (Å²) >= 11 is 0. The van der Waals surface area contributed by atoms with Gasteiger partial charge in [0.2, 0.25) is 0 Å². The second kappa shape index (κ2) is 11.4. The highest BCUT2D eigenvalue weighted by molar-refractivity contribution is 8.09. The first kappa shape index (κ1) is 25.6. The molecule has 5 nitrogen and oxygen atoms in total. The molecule has 0 spiro atoms. The van der Waals surface area contributed by atoms with Crippen molar-refractivity contribution in [3.63, 3.8) is 0 Å². The zero-order valence-corrected chi connectivity index (χ0v) is 20.9. The Morgan fingerprint density at radius 1 is 0.818 bits per heavy atom. The quantitative estimate of drug-likeness (QED) is 0.382. The highest BCUT2D eigenvalue weighted by Gasteiger charge is 2.44. The Morgan fingerprint density at radius 3 is 1.88 bits per heavy atom. The van der Waals surface area contributed by atoms with E-state index in [1.54, 1.807) is 36.4 Å². The SMILES string of the molecule is CCCCCC[C@@H]1CCCC(=O)[C@H]1CC(S(=O)(=O)c1ccccc1)S(=O)(=O)c1ccccc1. The van der Waals surface area contributed by atoms with Crippen LogP contribution in [0, 0.1) is 11.8 Å². The molecule has 180 valence electrons. The first-order valence-corrected chi connectivity index (χ1v) is 15.0. The smallest absolute Gasteiger partial charge is 0.195 e. The molecule has 0 bridgehead atoms. The number of hydrogen-bond acceptors (Lipinski definition) is 5. The van der Waals surface area contributed by atoms with Crippen molar-refractivity contribution >= 4 is 25.5 Å². The lowest BCUT2D eigenvalue weighted by atomic mass is 9.74. The summed E-state index contributed by atoms with van der Waals surface area (Å²) in [7, 11) is -8.44. The molecule has 1 fully saturated rings. The minimum absolute atomic E-state index is 0.00161. The van der Waals surface area contributed by atoms with Crippen molar-refractivity contribution in [2.75, 3.05) is 0 Å². The molecule has 7 heteroatoms. The Labute approximate surface area is 198 Å². The van der Waals surface area contributed by atoms with Gasteiger partial charge in [0.1, 0.15) is 5.78 Å². The molecule has 0 N–H and O–H groups in total. The van der Waals surface area contributed by atoms with Crippen LogP contribution < -0.4 is 0 Å². The highest BCUT2D eigenvalue weighted by atomic mass is 32.3. The summed E-state index contributed by atoms with van der Waals surface area (Å²) in [5.41, 5.74) is 0. The van der Waals surface area contributed by atoms with Crippen LogP contribution in [0.2, 0.25) is 0 Å². The summed E-state index contributed by atoms with van der Waals surface area (Å²) in [6.45, 7) is 2.14. The molecule has 33 heavy (non-hydrogen) atoms. The van der Waals surface area contributed by atoms with Crippen molar-refractivity contribution in [2.45, 2.75) is 79.1 Å². The van der Waals surface area contributed by atoms with Crippen LogP contribution in [0.4, 0.5) is 0 Å². The second-order valence-electron chi connectivity index (χ2n) is 8.96. The fourth-order valence-electron chi connectivity index (χ4n) is 4.84. The van der Waals surface area contributed by atoms with Crippen LogP contribution in [0.15, 0.2) is 70.5 Å². The standard InChI is InChI=1S/C26H34O5S2/c1-2-3-4-7-13-21-14-12-19-25(27)24(21)20-26(32(28,29)22-15-8-5-9-16-22)33(30,31)23-17-10-6-11-18-23/h5-6,8-11,15-18,21,24,26H,2-4,7,12-14,19-20H2,1H3/t21-,24+/m1/s1. The first-order chi connectivity index (χ1) is 15.8. The third-order valence-corrected chi connectivity index (χ3v) is 11.8. The van der Waals surface area contributed by atoms with Crippen LogP contribution in [0.5, 0.6) is 0 Å². The van der Waals surface area contributed by atoms with Crippen molar-refractivity contribution < 1.29 is 21.6 Å². The topological polar surface area (TPSA) is 85.3 Å². The zero-order valence-electron chi connectivity index (χ0n) is 19.2. The monoisotopic (exact) mass is 490 g/mol. The number of rotatable bonds is 11. The molecule has 2 atom stereocenters. The van der Waals surface area contributed by atoms with Gasteiger partial charge in [-0.2, -0.15) is 0 Å². The third-order valence-electron chi connectivity index (χ3n) is 6.69. The molecule has 0 aliphatic heterocycles. The Hall–Kier alpha value is -1.99. The maximum atomic E-state index is 13.6. The van der Waals surface area contributed by atoms with E-state index in [0.717, 1.165) is 44.9 Å². The number of carbonyl (C=O) groups is 1. The van der Waals surface area contributed by atoms with Crippen molar-refractivity contribution in [3.05, 3.63) is 60.7 Å². The van der Waals surface area contributed by atoms with E-state index in [9.17, 15) is 21.6 Å². The van der Waals surface area contributed by atoms with E-state index in [4.69, 9.17) is 0 Å². The lowest BCUT2D eigenvalue weighted by molar-refractivity contribution is -0.127. The molecule has 0 amide bonds. The first-order valence-electron chi connectivity index (χ1n) is 11.9. The molecular weight excluding hydrogens is 456 g/mol. The van der Waals surface area contributed by atoms with E-state index in [2.05, 4.69) is 6.92 Å². The average Bonchev–Trinajstić information content (AvgIpc) is 2.82. The number of hydrogen-bond donors (Lipinski definition) is 0. The van der Waals surface area contributed by atoms with Gasteiger partial charge in [0.05, 0.1) is 9.79 Å². The third kappa shape index (κ3) is 6.12. The fraction of sp³-hybridized carbons (Fsp3) is 0.500. The number of sulfone groups is 2. The number of benzene rings is 2. The van der Waals surface area contributed by atoms with Gasteiger partial charge in [-0.05, 0) is 55.9 Å². The zero-order chi connectivity index (χ0) is 23.9. The predicted octanol–water partition coefficient (Wildman–Crippen LogP) is 5.61. The normalized spacial score (nSPS) is 19.6. The van der Waals surface area contributed by atoms with Gasteiger partial charge in [0, 0.05) is 12.3 Å². The Kier molecular flexibility index (Phi) is 8.88.